The van der Waals surface area contributed by atoms with Crippen molar-refractivity contribution in [2.45, 2.75) is 19.4 Å². The summed E-state index contributed by atoms with van der Waals surface area (Å²) in [6, 6.07) is 13.0. The Labute approximate surface area is 112 Å². The highest BCUT2D eigenvalue weighted by Gasteiger charge is 2.22. The number of para-hydroxylation sites is 1. The van der Waals surface area contributed by atoms with Crippen molar-refractivity contribution in [1.82, 2.24) is 0 Å². The third-order valence-corrected chi connectivity index (χ3v) is 3.66. The van der Waals surface area contributed by atoms with Crippen molar-refractivity contribution in [3.8, 4) is 0 Å². The van der Waals surface area contributed by atoms with Crippen LogP contribution in [0.2, 0.25) is 0 Å². The minimum absolute atomic E-state index is 0.182. The molecule has 0 amide bonds. The van der Waals surface area contributed by atoms with E-state index < -0.39 is 0 Å². The van der Waals surface area contributed by atoms with Crippen molar-refractivity contribution >= 4 is 11.4 Å². The molecule has 1 heterocycles. The first-order valence-corrected chi connectivity index (χ1v) is 6.57. The summed E-state index contributed by atoms with van der Waals surface area (Å²) in [6.07, 6.45) is 1.02. The smallest absolute Gasteiger partial charge is 0.123 e. The molecule has 0 spiro atoms. The molecule has 1 atom stereocenters. The fourth-order valence-corrected chi connectivity index (χ4v) is 2.72. The molecule has 2 aromatic rings. The van der Waals surface area contributed by atoms with Crippen LogP contribution in [0.15, 0.2) is 42.5 Å². The van der Waals surface area contributed by atoms with E-state index >= 15 is 0 Å². The van der Waals surface area contributed by atoms with Gasteiger partial charge in [0.1, 0.15) is 5.82 Å². The van der Waals surface area contributed by atoms with Gasteiger partial charge in [-0.25, -0.2) is 4.39 Å². The zero-order chi connectivity index (χ0) is 13.4. The van der Waals surface area contributed by atoms with E-state index in [4.69, 9.17) is 5.73 Å². The van der Waals surface area contributed by atoms with Crippen LogP contribution in [-0.4, -0.2) is 6.54 Å². The Morgan fingerprint density at radius 3 is 2.74 bits per heavy atom. The van der Waals surface area contributed by atoms with Crippen LogP contribution >= 0.6 is 0 Å². The number of anilines is 2. The predicted molar refractivity (Wildman–Crippen MR) is 76.2 cm³/mol. The number of rotatable bonds is 2. The third kappa shape index (κ3) is 2.10. The second-order valence-electron chi connectivity index (χ2n) is 5.02. The average molecular weight is 256 g/mol. The van der Waals surface area contributed by atoms with Gasteiger partial charge in [0.25, 0.3) is 0 Å². The van der Waals surface area contributed by atoms with Crippen molar-refractivity contribution in [2.75, 3.05) is 11.4 Å². The van der Waals surface area contributed by atoms with Crippen molar-refractivity contribution in [3.05, 3.63) is 59.4 Å². The van der Waals surface area contributed by atoms with Crippen LogP contribution in [0.5, 0.6) is 0 Å². The van der Waals surface area contributed by atoms with Crippen LogP contribution in [0.25, 0.3) is 0 Å². The van der Waals surface area contributed by atoms with Crippen molar-refractivity contribution in [2.24, 2.45) is 5.73 Å². The van der Waals surface area contributed by atoms with E-state index in [-0.39, 0.29) is 11.9 Å². The third-order valence-electron chi connectivity index (χ3n) is 3.66. The lowest BCUT2D eigenvalue weighted by atomic mass is 10.1. The molecule has 1 aliphatic heterocycles. The molecule has 0 saturated heterocycles. The standard InChI is InChI=1S/C16H17FN2/c1-11(18)14-10-13(17)6-7-16(14)19-9-8-12-4-2-3-5-15(12)19/h2-7,10-11H,8-9,18H2,1H3. The lowest BCUT2D eigenvalue weighted by Gasteiger charge is -2.24. The highest BCUT2D eigenvalue weighted by Crippen LogP contribution is 2.37. The van der Waals surface area contributed by atoms with Crippen molar-refractivity contribution < 1.29 is 4.39 Å². The van der Waals surface area contributed by atoms with Gasteiger partial charge < -0.3 is 10.6 Å². The molecule has 3 rings (SSSR count). The summed E-state index contributed by atoms with van der Waals surface area (Å²) in [5, 5.41) is 0. The Balaban J connectivity index is 2.09. The zero-order valence-electron chi connectivity index (χ0n) is 10.9. The van der Waals surface area contributed by atoms with Crippen LogP contribution in [0.3, 0.4) is 0 Å². The average Bonchev–Trinajstić information content (AvgIpc) is 2.82. The molecule has 3 heteroatoms. The Kier molecular flexibility index (Phi) is 2.99. The number of nitrogens with two attached hydrogens (primary N) is 1. The number of fused-ring (bicyclic) bond motifs is 1. The van der Waals surface area contributed by atoms with E-state index in [9.17, 15) is 4.39 Å². The summed E-state index contributed by atoms with van der Waals surface area (Å²) in [7, 11) is 0. The largest absolute Gasteiger partial charge is 0.341 e. The molecule has 0 fully saturated rings. The van der Waals surface area contributed by atoms with E-state index in [0.29, 0.717) is 0 Å². The summed E-state index contributed by atoms with van der Waals surface area (Å²) in [6.45, 7) is 2.81. The van der Waals surface area contributed by atoms with Gasteiger partial charge in [-0.05, 0) is 48.7 Å². The van der Waals surface area contributed by atoms with Gasteiger partial charge in [0.2, 0.25) is 0 Å². The molecule has 2 nitrogen and oxygen atoms in total. The van der Waals surface area contributed by atoms with Crippen LogP contribution in [0, 0.1) is 5.82 Å². The molecule has 98 valence electrons. The first kappa shape index (κ1) is 12.2. The first-order valence-electron chi connectivity index (χ1n) is 6.57. The summed E-state index contributed by atoms with van der Waals surface area (Å²) >= 11 is 0. The fraction of sp³-hybridized carbons (Fsp3) is 0.250. The molecule has 1 unspecified atom stereocenters. The number of hydrogen-bond acceptors (Lipinski definition) is 2. The quantitative estimate of drug-likeness (QED) is 0.890. The predicted octanol–water partition coefficient (Wildman–Crippen LogP) is 3.54. The molecule has 0 aromatic heterocycles. The molecule has 0 bridgehead atoms. The fourth-order valence-electron chi connectivity index (χ4n) is 2.72. The summed E-state index contributed by atoms with van der Waals surface area (Å²) in [4.78, 5) is 2.23. The highest BCUT2D eigenvalue weighted by atomic mass is 19.1. The van der Waals surface area contributed by atoms with Gasteiger partial charge in [-0.1, -0.05) is 18.2 Å². The topological polar surface area (TPSA) is 29.3 Å². The number of hydrogen-bond donors (Lipinski definition) is 1. The lowest BCUT2D eigenvalue weighted by molar-refractivity contribution is 0.622. The Morgan fingerprint density at radius 2 is 1.95 bits per heavy atom. The van der Waals surface area contributed by atoms with E-state index in [1.807, 2.05) is 19.1 Å². The molecular formula is C16H17FN2. The lowest BCUT2D eigenvalue weighted by Crippen LogP contribution is -2.18. The van der Waals surface area contributed by atoms with Gasteiger partial charge in [-0.3, -0.25) is 0 Å². The first-order chi connectivity index (χ1) is 9.16. The molecular weight excluding hydrogens is 239 g/mol. The highest BCUT2D eigenvalue weighted by molar-refractivity contribution is 5.72. The van der Waals surface area contributed by atoms with Gasteiger partial charge in [-0.2, -0.15) is 0 Å². The van der Waals surface area contributed by atoms with Crippen LogP contribution in [0.4, 0.5) is 15.8 Å². The Hall–Kier alpha value is -1.87. The second kappa shape index (κ2) is 4.67. The number of halogens is 1. The van der Waals surface area contributed by atoms with E-state index in [0.717, 1.165) is 24.2 Å². The summed E-state index contributed by atoms with van der Waals surface area (Å²) < 4.78 is 13.4. The maximum Gasteiger partial charge on any atom is 0.123 e. The molecule has 0 aliphatic carbocycles. The van der Waals surface area contributed by atoms with Crippen LogP contribution in [-0.2, 0) is 6.42 Å². The van der Waals surface area contributed by atoms with E-state index in [2.05, 4.69) is 23.1 Å². The maximum absolute atomic E-state index is 13.4. The van der Waals surface area contributed by atoms with Crippen LogP contribution < -0.4 is 10.6 Å². The normalized spacial score (nSPS) is 15.4. The molecule has 19 heavy (non-hydrogen) atoms. The summed E-state index contributed by atoms with van der Waals surface area (Å²) in [5.74, 6) is -0.233. The number of benzene rings is 2. The second-order valence-corrected chi connectivity index (χ2v) is 5.02. The molecule has 2 N–H and O–H groups in total. The van der Waals surface area contributed by atoms with Gasteiger partial charge in [0, 0.05) is 24.0 Å². The van der Waals surface area contributed by atoms with E-state index in [1.165, 1.54) is 17.3 Å². The maximum atomic E-state index is 13.4. The molecule has 2 aromatic carbocycles. The van der Waals surface area contributed by atoms with Crippen LogP contribution in [0.1, 0.15) is 24.1 Å². The minimum Gasteiger partial charge on any atom is -0.341 e. The number of nitrogens with zero attached hydrogens (tertiary/aromatic N) is 1. The van der Waals surface area contributed by atoms with Gasteiger partial charge in [-0.15, -0.1) is 0 Å². The van der Waals surface area contributed by atoms with Gasteiger partial charge >= 0.3 is 0 Å². The Morgan fingerprint density at radius 1 is 1.16 bits per heavy atom. The molecule has 0 radical (unpaired) electrons. The van der Waals surface area contributed by atoms with E-state index in [1.54, 1.807) is 6.07 Å². The summed E-state index contributed by atoms with van der Waals surface area (Å²) in [5.41, 5.74) is 10.4. The molecule has 0 saturated carbocycles. The van der Waals surface area contributed by atoms with Crippen molar-refractivity contribution in [1.29, 1.82) is 0 Å². The van der Waals surface area contributed by atoms with Gasteiger partial charge in [0.15, 0.2) is 0 Å². The van der Waals surface area contributed by atoms with Gasteiger partial charge in [0.05, 0.1) is 0 Å². The monoisotopic (exact) mass is 256 g/mol. The van der Waals surface area contributed by atoms with Crippen molar-refractivity contribution in [3.63, 3.8) is 0 Å². The SMILES string of the molecule is CC(N)c1cc(F)ccc1N1CCc2ccccc21. The Bertz CT molecular complexity index is 607. The minimum atomic E-state index is -0.233. The molecule has 1 aliphatic rings. The zero-order valence-corrected chi connectivity index (χ0v) is 10.9.